The number of hydrogen-bond donors (Lipinski definition) is 1. The summed E-state index contributed by atoms with van der Waals surface area (Å²) in [5, 5.41) is 2.85. The number of nitrogens with one attached hydrogen (secondary N) is 1. The molecule has 1 amide bonds. The first-order valence-corrected chi connectivity index (χ1v) is 6.78. The number of carbonyl (C=O) groups is 1. The van der Waals surface area contributed by atoms with Gasteiger partial charge in [0.15, 0.2) is 0 Å². The van der Waals surface area contributed by atoms with Gasteiger partial charge in [0.25, 0.3) is 0 Å². The molecule has 0 unspecified atom stereocenters. The third-order valence-corrected chi connectivity index (χ3v) is 2.79. The summed E-state index contributed by atoms with van der Waals surface area (Å²) in [5.74, 6) is 1.37. The van der Waals surface area contributed by atoms with E-state index >= 15 is 0 Å². The van der Waals surface area contributed by atoms with Gasteiger partial charge in [-0.15, -0.1) is 0 Å². The highest BCUT2D eigenvalue weighted by atomic mass is 16.5. The molecule has 106 valence electrons. The van der Waals surface area contributed by atoms with Crippen molar-refractivity contribution in [2.45, 2.75) is 20.4 Å². The molecule has 1 heterocycles. The Morgan fingerprint density at radius 1 is 1.20 bits per heavy atom. The lowest BCUT2D eigenvalue weighted by Gasteiger charge is -2.10. The van der Waals surface area contributed by atoms with Gasteiger partial charge in [0.2, 0.25) is 0 Å². The van der Waals surface area contributed by atoms with Crippen LogP contribution < -0.4 is 10.1 Å². The van der Waals surface area contributed by atoms with Crippen LogP contribution in [-0.2, 0) is 6.54 Å². The van der Waals surface area contributed by atoms with Crippen LogP contribution >= 0.6 is 0 Å². The first-order valence-electron chi connectivity index (χ1n) is 6.78. The molecule has 0 aliphatic rings. The number of ether oxygens (including phenoxy) is 1. The Labute approximate surface area is 119 Å². The molecule has 20 heavy (non-hydrogen) atoms. The van der Waals surface area contributed by atoms with Crippen LogP contribution in [0.3, 0.4) is 0 Å². The summed E-state index contributed by atoms with van der Waals surface area (Å²) in [6.07, 6.45) is 3.44. The van der Waals surface area contributed by atoms with Gasteiger partial charge in [0.05, 0.1) is 6.61 Å². The highest BCUT2D eigenvalue weighted by Gasteiger charge is 2.02. The van der Waals surface area contributed by atoms with Crippen LogP contribution in [-0.4, -0.2) is 17.2 Å². The Hall–Kier alpha value is -2.23. The SMILES string of the molecule is CC(C)COc1ccc(CNC(=O)n2cccc2)cc1. The smallest absolute Gasteiger partial charge is 0.325 e. The third-order valence-electron chi connectivity index (χ3n) is 2.79. The van der Waals surface area contributed by atoms with Crippen molar-refractivity contribution in [1.82, 2.24) is 9.88 Å². The minimum absolute atomic E-state index is 0.130. The normalized spacial score (nSPS) is 10.6. The van der Waals surface area contributed by atoms with Crippen LogP contribution in [0, 0.1) is 5.92 Å². The topological polar surface area (TPSA) is 43.3 Å². The molecule has 0 aliphatic heterocycles. The number of aromatic nitrogens is 1. The van der Waals surface area contributed by atoms with Crippen molar-refractivity contribution in [2.75, 3.05) is 6.61 Å². The molecule has 1 N–H and O–H groups in total. The quantitative estimate of drug-likeness (QED) is 0.907. The van der Waals surface area contributed by atoms with Gasteiger partial charge in [-0.3, -0.25) is 4.57 Å². The fourth-order valence-electron chi connectivity index (χ4n) is 1.71. The van der Waals surface area contributed by atoms with E-state index in [0.717, 1.165) is 11.3 Å². The summed E-state index contributed by atoms with van der Waals surface area (Å²) in [4.78, 5) is 11.8. The van der Waals surface area contributed by atoms with Crippen molar-refractivity contribution in [3.63, 3.8) is 0 Å². The summed E-state index contributed by atoms with van der Waals surface area (Å²) in [7, 11) is 0. The zero-order valence-corrected chi connectivity index (χ0v) is 11.9. The molecule has 0 saturated carbocycles. The average Bonchev–Trinajstić information content (AvgIpc) is 2.98. The monoisotopic (exact) mass is 272 g/mol. The molecule has 0 fully saturated rings. The van der Waals surface area contributed by atoms with Gasteiger partial charge >= 0.3 is 6.03 Å². The molecule has 1 aromatic carbocycles. The largest absolute Gasteiger partial charge is 0.493 e. The van der Waals surface area contributed by atoms with Crippen LogP contribution in [0.4, 0.5) is 4.79 Å². The molecular weight excluding hydrogens is 252 g/mol. The van der Waals surface area contributed by atoms with Crippen molar-refractivity contribution in [3.8, 4) is 5.75 Å². The van der Waals surface area contributed by atoms with Crippen LogP contribution in [0.2, 0.25) is 0 Å². The fourth-order valence-corrected chi connectivity index (χ4v) is 1.71. The van der Waals surface area contributed by atoms with Gasteiger partial charge in [-0.25, -0.2) is 4.79 Å². The lowest BCUT2D eigenvalue weighted by atomic mass is 10.2. The third kappa shape index (κ3) is 4.16. The molecule has 0 spiro atoms. The maximum atomic E-state index is 11.8. The van der Waals surface area contributed by atoms with E-state index in [1.54, 1.807) is 12.4 Å². The molecule has 0 radical (unpaired) electrons. The Balaban J connectivity index is 1.83. The zero-order valence-electron chi connectivity index (χ0n) is 11.9. The van der Waals surface area contributed by atoms with Gasteiger partial charge in [0, 0.05) is 18.9 Å². The van der Waals surface area contributed by atoms with Crippen molar-refractivity contribution in [3.05, 3.63) is 54.4 Å². The van der Waals surface area contributed by atoms with Gasteiger partial charge in [-0.2, -0.15) is 0 Å². The number of nitrogens with zero attached hydrogens (tertiary/aromatic N) is 1. The highest BCUT2D eigenvalue weighted by molar-refractivity contribution is 5.76. The number of amides is 1. The second kappa shape index (κ2) is 6.80. The van der Waals surface area contributed by atoms with E-state index in [-0.39, 0.29) is 6.03 Å². The Morgan fingerprint density at radius 2 is 1.85 bits per heavy atom. The molecule has 4 heteroatoms. The minimum atomic E-state index is -0.130. The highest BCUT2D eigenvalue weighted by Crippen LogP contribution is 2.13. The molecule has 0 aliphatic carbocycles. The Bertz CT molecular complexity index is 530. The van der Waals surface area contributed by atoms with Crippen LogP contribution in [0.25, 0.3) is 0 Å². The Morgan fingerprint density at radius 3 is 2.45 bits per heavy atom. The van der Waals surface area contributed by atoms with E-state index in [9.17, 15) is 4.79 Å². The molecule has 0 saturated heterocycles. The van der Waals surface area contributed by atoms with E-state index in [4.69, 9.17) is 4.74 Å². The second-order valence-electron chi connectivity index (χ2n) is 5.10. The lowest BCUT2D eigenvalue weighted by molar-refractivity contribution is 0.242. The van der Waals surface area contributed by atoms with E-state index in [1.807, 2.05) is 36.4 Å². The number of hydrogen-bond acceptors (Lipinski definition) is 2. The molecule has 1 aromatic heterocycles. The number of rotatable bonds is 5. The lowest BCUT2D eigenvalue weighted by Crippen LogP contribution is -2.26. The summed E-state index contributed by atoms with van der Waals surface area (Å²) in [6.45, 7) is 5.45. The maximum Gasteiger partial charge on any atom is 0.325 e. The zero-order chi connectivity index (χ0) is 14.4. The summed E-state index contributed by atoms with van der Waals surface area (Å²) >= 11 is 0. The standard InChI is InChI=1S/C16H20N2O2/c1-13(2)12-20-15-7-5-14(6-8-15)11-17-16(19)18-9-3-4-10-18/h3-10,13H,11-12H2,1-2H3,(H,17,19). The van der Waals surface area contributed by atoms with E-state index in [0.29, 0.717) is 19.1 Å². The maximum absolute atomic E-state index is 11.8. The molecule has 0 bridgehead atoms. The number of carbonyl (C=O) groups excluding carboxylic acids is 1. The van der Waals surface area contributed by atoms with Gasteiger partial charge in [0.1, 0.15) is 5.75 Å². The summed E-state index contributed by atoms with van der Waals surface area (Å²) < 4.78 is 7.13. The first kappa shape index (κ1) is 14.2. The summed E-state index contributed by atoms with van der Waals surface area (Å²) in [5.41, 5.74) is 1.04. The van der Waals surface area contributed by atoms with Crippen molar-refractivity contribution < 1.29 is 9.53 Å². The van der Waals surface area contributed by atoms with Crippen molar-refractivity contribution in [1.29, 1.82) is 0 Å². The minimum Gasteiger partial charge on any atom is -0.493 e. The van der Waals surface area contributed by atoms with Crippen LogP contribution in [0.1, 0.15) is 19.4 Å². The summed E-state index contributed by atoms with van der Waals surface area (Å²) in [6, 6.07) is 11.3. The van der Waals surface area contributed by atoms with E-state index in [1.165, 1.54) is 4.57 Å². The van der Waals surface area contributed by atoms with E-state index in [2.05, 4.69) is 19.2 Å². The molecule has 2 aromatic rings. The second-order valence-corrected chi connectivity index (χ2v) is 5.10. The molecule has 4 nitrogen and oxygen atoms in total. The Kier molecular flexibility index (Phi) is 4.82. The molecule has 2 rings (SSSR count). The predicted molar refractivity (Wildman–Crippen MR) is 78.8 cm³/mol. The van der Waals surface area contributed by atoms with Crippen molar-refractivity contribution in [2.24, 2.45) is 5.92 Å². The van der Waals surface area contributed by atoms with Crippen LogP contribution in [0.5, 0.6) is 5.75 Å². The predicted octanol–water partition coefficient (Wildman–Crippen LogP) is 3.28. The average molecular weight is 272 g/mol. The fraction of sp³-hybridized carbons (Fsp3) is 0.312. The van der Waals surface area contributed by atoms with Gasteiger partial charge in [-0.05, 0) is 35.7 Å². The van der Waals surface area contributed by atoms with Gasteiger partial charge in [-0.1, -0.05) is 26.0 Å². The first-order chi connectivity index (χ1) is 9.65. The van der Waals surface area contributed by atoms with Crippen molar-refractivity contribution >= 4 is 6.03 Å². The van der Waals surface area contributed by atoms with E-state index < -0.39 is 0 Å². The van der Waals surface area contributed by atoms with Crippen LogP contribution in [0.15, 0.2) is 48.8 Å². The van der Waals surface area contributed by atoms with Gasteiger partial charge < -0.3 is 10.1 Å². The number of benzene rings is 1. The molecular formula is C16H20N2O2. The molecule has 0 atom stereocenters.